The maximum absolute atomic E-state index is 13.4. The van der Waals surface area contributed by atoms with Crippen LogP contribution in [0, 0.1) is 17.7 Å². The molecule has 3 heterocycles. The number of likely N-dealkylation sites (tertiary alicyclic amines) is 1. The summed E-state index contributed by atoms with van der Waals surface area (Å²) in [5, 5.41) is 7.23. The van der Waals surface area contributed by atoms with Crippen LogP contribution < -0.4 is 0 Å². The number of nitrogens with one attached hydrogen (secondary N) is 1. The largest absolute Gasteiger partial charge is 0.377 e. The summed E-state index contributed by atoms with van der Waals surface area (Å²) < 4.78 is 18.5. The van der Waals surface area contributed by atoms with Crippen molar-refractivity contribution in [3.05, 3.63) is 41.5 Å². The van der Waals surface area contributed by atoms with E-state index in [0.29, 0.717) is 37.4 Å². The number of carbonyl (C=O) groups is 1. The minimum Gasteiger partial charge on any atom is -0.377 e. The predicted molar refractivity (Wildman–Crippen MR) is 86.1 cm³/mol. The van der Waals surface area contributed by atoms with Crippen molar-refractivity contribution in [3.63, 3.8) is 0 Å². The molecule has 132 valence electrons. The van der Waals surface area contributed by atoms with Gasteiger partial charge in [-0.05, 0) is 30.7 Å². The molecule has 1 aliphatic heterocycles. The van der Waals surface area contributed by atoms with Crippen LogP contribution in [0.15, 0.2) is 18.5 Å². The number of amides is 1. The highest BCUT2D eigenvalue weighted by molar-refractivity contribution is 5.94. The lowest BCUT2D eigenvalue weighted by Gasteiger charge is -2.16. The minimum atomic E-state index is -0.501. The standard InChI is InChI=1S/C17H20FN5O2/c1-25-9-15-20-16(22-21-15)14-8-23(7-13(14)10-2-3-10)17(24)11-4-12(18)6-19-5-11/h4-6,10,13-14H,2-3,7-9H2,1H3,(H,20,21,22)/t13-,14+/m1/s1. The second kappa shape index (κ2) is 6.51. The molecule has 0 radical (unpaired) electrons. The fourth-order valence-corrected chi connectivity index (χ4v) is 3.66. The maximum atomic E-state index is 13.4. The van der Waals surface area contributed by atoms with Gasteiger partial charge in [-0.1, -0.05) is 0 Å². The van der Waals surface area contributed by atoms with Crippen molar-refractivity contribution in [2.45, 2.75) is 25.4 Å². The van der Waals surface area contributed by atoms with E-state index in [1.165, 1.54) is 25.1 Å². The Labute approximate surface area is 144 Å². The number of hydrogen-bond donors (Lipinski definition) is 1. The van der Waals surface area contributed by atoms with Gasteiger partial charge in [-0.15, -0.1) is 0 Å². The molecular formula is C17H20FN5O2. The lowest BCUT2D eigenvalue weighted by molar-refractivity contribution is 0.0783. The Morgan fingerprint density at radius 2 is 2.24 bits per heavy atom. The molecule has 2 aliphatic rings. The summed E-state index contributed by atoms with van der Waals surface area (Å²) in [4.78, 5) is 22.8. The third kappa shape index (κ3) is 3.26. The van der Waals surface area contributed by atoms with Gasteiger partial charge in [0.25, 0.3) is 5.91 Å². The molecule has 25 heavy (non-hydrogen) atoms. The van der Waals surface area contributed by atoms with E-state index in [9.17, 15) is 9.18 Å². The summed E-state index contributed by atoms with van der Waals surface area (Å²) in [7, 11) is 1.61. The second-order valence-electron chi connectivity index (χ2n) is 6.78. The van der Waals surface area contributed by atoms with Gasteiger partial charge < -0.3 is 9.64 Å². The Morgan fingerprint density at radius 3 is 2.96 bits per heavy atom. The van der Waals surface area contributed by atoms with E-state index in [1.807, 2.05) is 0 Å². The van der Waals surface area contributed by atoms with Crippen molar-refractivity contribution >= 4 is 5.91 Å². The molecule has 0 unspecified atom stereocenters. The van der Waals surface area contributed by atoms with Gasteiger partial charge in [0.1, 0.15) is 12.4 Å². The zero-order chi connectivity index (χ0) is 17.4. The summed E-state index contributed by atoms with van der Waals surface area (Å²) in [6.45, 7) is 1.57. The lowest BCUT2D eigenvalue weighted by Crippen LogP contribution is -2.29. The zero-order valence-electron chi connectivity index (χ0n) is 14.0. The van der Waals surface area contributed by atoms with Crippen LogP contribution in [0.4, 0.5) is 4.39 Å². The first-order valence-electron chi connectivity index (χ1n) is 8.45. The smallest absolute Gasteiger partial charge is 0.255 e. The molecule has 0 bridgehead atoms. The van der Waals surface area contributed by atoms with E-state index in [1.54, 1.807) is 12.0 Å². The Kier molecular flexibility index (Phi) is 4.20. The Balaban J connectivity index is 1.55. The van der Waals surface area contributed by atoms with Crippen molar-refractivity contribution in [3.8, 4) is 0 Å². The summed E-state index contributed by atoms with van der Waals surface area (Å²) in [6, 6.07) is 1.23. The molecule has 2 fully saturated rings. The molecule has 8 heteroatoms. The molecular weight excluding hydrogens is 325 g/mol. The molecule has 1 aliphatic carbocycles. The van der Waals surface area contributed by atoms with Gasteiger partial charge in [0.05, 0.1) is 11.8 Å². The normalized spacial score (nSPS) is 23.2. The first kappa shape index (κ1) is 16.1. The summed E-state index contributed by atoms with van der Waals surface area (Å²) in [5.74, 6) is 1.78. The highest BCUT2D eigenvalue weighted by Crippen LogP contribution is 2.47. The zero-order valence-corrected chi connectivity index (χ0v) is 14.0. The maximum Gasteiger partial charge on any atom is 0.255 e. The molecule has 1 N–H and O–H groups in total. The predicted octanol–water partition coefficient (Wildman–Crippen LogP) is 1.75. The number of methoxy groups -OCH3 is 1. The molecule has 0 spiro atoms. The fourth-order valence-electron chi connectivity index (χ4n) is 3.66. The molecule has 1 saturated heterocycles. The molecule has 1 saturated carbocycles. The van der Waals surface area contributed by atoms with Crippen LogP contribution in [-0.2, 0) is 11.3 Å². The van der Waals surface area contributed by atoms with Crippen LogP contribution in [0.2, 0.25) is 0 Å². The van der Waals surface area contributed by atoms with Gasteiger partial charge in [-0.3, -0.25) is 14.9 Å². The average Bonchev–Trinajstić information content (AvgIpc) is 3.18. The van der Waals surface area contributed by atoms with Crippen molar-refractivity contribution in [2.75, 3.05) is 20.2 Å². The van der Waals surface area contributed by atoms with Crippen molar-refractivity contribution < 1.29 is 13.9 Å². The number of hydrogen-bond acceptors (Lipinski definition) is 5. The lowest BCUT2D eigenvalue weighted by atomic mass is 9.91. The first-order chi connectivity index (χ1) is 12.2. The average molecular weight is 345 g/mol. The molecule has 2 aromatic rings. The molecule has 0 aromatic carbocycles. The number of rotatable bonds is 5. The SMILES string of the molecule is COCc1nc([C@H]2CN(C(=O)c3cncc(F)c3)C[C@@H]2C2CC2)n[nH]1. The summed E-state index contributed by atoms with van der Waals surface area (Å²) in [6.07, 6.45) is 4.87. The van der Waals surface area contributed by atoms with Gasteiger partial charge in [0.15, 0.2) is 11.6 Å². The molecule has 1 amide bonds. The number of aromatic amines is 1. The number of H-pyrrole nitrogens is 1. The molecule has 2 atom stereocenters. The number of pyridine rings is 1. The van der Waals surface area contributed by atoms with Gasteiger partial charge in [0.2, 0.25) is 0 Å². The third-order valence-electron chi connectivity index (χ3n) is 4.99. The van der Waals surface area contributed by atoms with E-state index in [4.69, 9.17) is 4.74 Å². The molecule has 2 aromatic heterocycles. The van der Waals surface area contributed by atoms with Crippen LogP contribution in [0.3, 0.4) is 0 Å². The Hall–Kier alpha value is -2.35. The first-order valence-corrected chi connectivity index (χ1v) is 8.45. The van der Waals surface area contributed by atoms with E-state index in [-0.39, 0.29) is 17.4 Å². The van der Waals surface area contributed by atoms with Gasteiger partial charge >= 0.3 is 0 Å². The topological polar surface area (TPSA) is 84.0 Å². The number of ether oxygens (including phenoxy) is 1. The Morgan fingerprint density at radius 1 is 1.40 bits per heavy atom. The summed E-state index contributed by atoms with van der Waals surface area (Å²) in [5.41, 5.74) is 0.283. The second-order valence-corrected chi connectivity index (χ2v) is 6.78. The van der Waals surface area contributed by atoms with Crippen molar-refractivity contribution in [1.82, 2.24) is 25.1 Å². The minimum absolute atomic E-state index is 0.0971. The Bertz CT molecular complexity index is 776. The van der Waals surface area contributed by atoms with E-state index in [2.05, 4.69) is 20.2 Å². The molecule has 7 nitrogen and oxygen atoms in total. The monoisotopic (exact) mass is 345 g/mol. The van der Waals surface area contributed by atoms with Crippen molar-refractivity contribution in [2.24, 2.45) is 11.8 Å². The van der Waals surface area contributed by atoms with E-state index < -0.39 is 5.82 Å². The number of aromatic nitrogens is 4. The van der Waals surface area contributed by atoms with E-state index >= 15 is 0 Å². The highest BCUT2D eigenvalue weighted by Gasteiger charge is 2.46. The van der Waals surface area contributed by atoms with E-state index in [0.717, 1.165) is 12.0 Å². The van der Waals surface area contributed by atoms with Crippen LogP contribution in [0.25, 0.3) is 0 Å². The molecule has 4 rings (SSSR count). The summed E-state index contributed by atoms with van der Waals surface area (Å²) >= 11 is 0. The number of nitrogens with zero attached hydrogens (tertiary/aromatic N) is 4. The number of halogens is 1. The fraction of sp³-hybridized carbons (Fsp3) is 0.529. The quantitative estimate of drug-likeness (QED) is 0.892. The van der Waals surface area contributed by atoms with Crippen LogP contribution in [0.5, 0.6) is 0 Å². The van der Waals surface area contributed by atoms with Crippen LogP contribution in [-0.4, -0.2) is 51.2 Å². The van der Waals surface area contributed by atoms with Gasteiger partial charge in [0, 0.05) is 32.3 Å². The van der Waals surface area contributed by atoms with Crippen LogP contribution in [0.1, 0.15) is 40.8 Å². The highest BCUT2D eigenvalue weighted by atomic mass is 19.1. The van der Waals surface area contributed by atoms with Crippen molar-refractivity contribution in [1.29, 1.82) is 0 Å². The van der Waals surface area contributed by atoms with Gasteiger partial charge in [-0.25, -0.2) is 9.37 Å². The van der Waals surface area contributed by atoms with Gasteiger partial charge in [-0.2, -0.15) is 5.10 Å². The number of carbonyl (C=O) groups excluding carboxylic acids is 1. The third-order valence-corrected chi connectivity index (χ3v) is 4.99. The van der Waals surface area contributed by atoms with Crippen LogP contribution >= 0.6 is 0 Å².